The first kappa shape index (κ1) is 20.9. The fraction of sp³-hybridized carbons (Fsp3) is 0.462. The van der Waals surface area contributed by atoms with Crippen LogP contribution >= 0.6 is 24.0 Å². The van der Waals surface area contributed by atoms with Crippen molar-refractivity contribution in [1.82, 2.24) is 10.6 Å². The van der Waals surface area contributed by atoms with Crippen molar-refractivity contribution in [1.29, 1.82) is 0 Å². The summed E-state index contributed by atoms with van der Waals surface area (Å²) in [6.45, 7) is 1.33. The summed E-state index contributed by atoms with van der Waals surface area (Å²) >= 11 is 0. The zero-order valence-electron chi connectivity index (χ0n) is 12.0. The van der Waals surface area contributed by atoms with Gasteiger partial charge in [-0.3, -0.25) is 4.99 Å². The highest BCUT2D eigenvalue weighted by atomic mass is 127. The normalized spacial score (nSPS) is 13.3. The largest absolute Gasteiger partial charge is 0.390 e. The summed E-state index contributed by atoms with van der Waals surface area (Å²) in [5.41, 5.74) is 0.452. The number of rotatable bonds is 4. The Hall–Kier alpha value is -1.13. The molecule has 2 N–H and O–H groups in total. The number of guanidine groups is 1. The monoisotopic (exact) mass is 437 g/mol. The summed E-state index contributed by atoms with van der Waals surface area (Å²) < 4.78 is 62.1. The van der Waals surface area contributed by atoms with E-state index in [1.165, 1.54) is 13.1 Å². The first-order valence-corrected chi connectivity index (χ1v) is 6.22. The highest BCUT2D eigenvalue weighted by molar-refractivity contribution is 14.0. The van der Waals surface area contributed by atoms with Gasteiger partial charge in [0.2, 0.25) is 0 Å². The molecule has 1 rings (SSSR count). The number of hydrogen-bond acceptors (Lipinski definition) is 1. The molecule has 0 radical (unpaired) electrons. The Morgan fingerprint density at radius 3 is 2.36 bits per heavy atom. The Morgan fingerprint density at radius 2 is 1.86 bits per heavy atom. The van der Waals surface area contributed by atoms with Crippen LogP contribution in [0.25, 0.3) is 0 Å². The second-order valence-electron chi connectivity index (χ2n) is 4.40. The molecule has 1 aromatic carbocycles. The smallest absolute Gasteiger partial charge is 0.356 e. The molecule has 3 nitrogen and oxygen atoms in total. The molecule has 0 spiro atoms. The van der Waals surface area contributed by atoms with Crippen LogP contribution in [0.4, 0.5) is 22.0 Å². The molecule has 0 saturated carbocycles. The van der Waals surface area contributed by atoms with Crippen molar-refractivity contribution in [3.8, 4) is 0 Å². The summed E-state index contributed by atoms with van der Waals surface area (Å²) in [6.07, 6.45) is -5.25. The molecule has 1 aromatic rings. The molecule has 0 aliphatic carbocycles. The third kappa shape index (κ3) is 7.23. The third-order valence-corrected chi connectivity index (χ3v) is 2.72. The first-order chi connectivity index (χ1) is 9.73. The minimum absolute atomic E-state index is 0. The Labute approximate surface area is 142 Å². The number of aliphatic imine (C=N–C) groups is 1. The van der Waals surface area contributed by atoms with Gasteiger partial charge in [-0.25, -0.2) is 8.78 Å². The Bertz CT molecular complexity index is 505. The minimum atomic E-state index is -4.25. The van der Waals surface area contributed by atoms with Crippen molar-refractivity contribution >= 4 is 29.9 Å². The Morgan fingerprint density at radius 1 is 1.23 bits per heavy atom. The van der Waals surface area contributed by atoms with Crippen LogP contribution in [-0.4, -0.2) is 25.7 Å². The lowest BCUT2D eigenvalue weighted by Crippen LogP contribution is -2.40. The van der Waals surface area contributed by atoms with E-state index in [-0.39, 0.29) is 36.5 Å². The van der Waals surface area contributed by atoms with Crippen molar-refractivity contribution in [2.24, 2.45) is 4.99 Å². The molecule has 0 bridgehead atoms. The minimum Gasteiger partial charge on any atom is -0.356 e. The number of benzene rings is 1. The second kappa shape index (κ2) is 9.11. The van der Waals surface area contributed by atoms with Crippen LogP contribution in [0, 0.1) is 11.6 Å². The van der Waals surface area contributed by atoms with Gasteiger partial charge in [0.1, 0.15) is 0 Å². The molecule has 1 unspecified atom stereocenters. The molecule has 0 aromatic heterocycles. The van der Waals surface area contributed by atoms with Crippen molar-refractivity contribution in [3.05, 3.63) is 35.4 Å². The predicted octanol–water partition coefficient (Wildman–Crippen LogP) is 3.76. The van der Waals surface area contributed by atoms with E-state index >= 15 is 0 Å². The molecule has 9 heteroatoms. The standard InChI is InChI=1S/C13H16F5N3.HI/c1-8(9-3-4-10(14)11(15)7-9)21-12(19-2)20-6-5-13(16,17)18;/h3-4,7-8H,5-6H2,1-2H3,(H2,19,20,21);1H. The molecule has 22 heavy (non-hydrogen) atoms. The van der Waals surface area contributed by atoms with Crippen LogP contribution in [0.5, 0.6) is 0 Å². The fourth-order valence-corrected chi connectivity index (χ4v) is 1.59. The van der Waals surface area contributed by atoms with E-state index in [0.717, 1.165) is 12.1 Å². The Balaban J connectivity index is 0.00000441. The van der Waals surface area contributed by atoms with Gasteiger partial charge in [0, 0.05) is 13.6 Å². The molecule has 0 aliphatic rings. The molecular formula is C13H17F5IN3. The highest BCUT2D eigenvalue weighted by Gasteiger charge is 2.26. The van der Waals surface area contributed by atoms with E-state index in [1.54, 1.807) is 6.92 Å². The molecular weight excluding hydrogens is 420 g/mol. The van der Waals surface area contributed by atoms with Gasteiger partial charge in [-0.05, 0) is 24.6 Å². The van der Waals surface area contributed by atoms with Crippen molar-refractivity contribution < 1.29 is 22.0 Å². The highest BCUT2D eigenvalue weighted by Crippen LogP contribution is 2.18. The average molecular weight is 437 g/mol. The quantitative estimate of drug-likeness (QED) is 0.326. The lowest BCUT2D eigenvalue weighted by molar-refractivity contribution is -0.132. The number of nitrogens with zero attached hydrogens (tertiary/aromatic N) is 1. The molecule has 0 aliphatic heterocycles. The van der Waals surface area contributed by atoms with Crippen molar-refractivity contribution in [2.75, 3.05) is 13.6 Å². The van der Waals surface area contributed by atoms with E-state index in [9.17, 15) is 22.0 Å². The lowest BCUT2D eigenvalue weighted by atomic mass is 10.1. The summed E-state index contributed by atoms with van der Waals surface area (Å²) in [5, 5.41) is 5.30. The lowest BCUT2D eigenvalue weighted by Gasteiger charge is -2.18. The summed E-state index contributed by atoms with van der Waals surface area (Å²) in [4.78, 5) is 3.77. The van der Waals surface area contributed by atoms with Crippen LogP contribution in [-0.2, 0) is 0 Å². The van der Waals surface area contributed by atoms with E-state index < -0.39 is 30.3 Å². The molecule has 0 amide bonds. The van der Waals surface area contributed by atoms with E-state index in [2.05, 4.69) is 15.6 Å². The third-order valence-electron chi connectivity index (χ3n) is 2.72. The van der Waals surface area contributed by atoms with Gasteiger partial charge in [0.25, 0.3) is 0 Å². The van der Waals surface area contributed by atoms with E-state index in [4.69, 9.17) is 0 Å². The van der Waals surface area contributed by atoms with Gasteiger partial charge in [-0.15, -0.1) is 24.0 Å². The number of alkyl halides is 3. The van der Waals surface area contributed by atoms with Gasteiger partial charge in [0.15, 0.2) is 17.6 Å². The maximum atomic E-state index is 13.1. The average Bonchev–Trinajstić information content (AvgIpc) is 2.39. The van der Waals surface area contributed by atoms with E-state index in [0.29, 0.717) is 5.56 Å². The van der Waals surface area contributed by atoms with Crippen LogP contribution < -0.4 is 10.6 Å². The zero-order valence-corrected chi connectivity index (χ0v) is 14.3. The number of hydrogen-bond donors (Lipinski definition) is 2. The van der Waals surface area contributed by atoms with Crippen LogP contribution in [0.15, 0.2) is 23.2 Å². The fourth-order valence-electron chi connectivity index (χ4n) is 1.59. The van der Waals surface area contributed by atoms with Crippen LogP contribution in [0.2, 0.25) is 0 Å². The maximum absolute atomic E-state index is 13.1. The first-order valence-electron chi connectivity index (χ1n) is 6.22. The van der Waals surface area contributed by atoms with Gasteiger partial charge < -0.3 is 10.6 Å². The molecule has 0 heterocycles. The van der Waals surface area contributed by atoms with E-state index in [1.807, 2.05) is 0 Å². The topological polar surface area (TPSA) is 36.4 Å². The van der Waals surface area contributed by atoms with Crippen molar-refractivity contribution in [3.63, 3.8) is 0 Å². The van der Waals surface area contributed by atoms with Crippen LogP contribution in [0.1, 0.15) is 24.9 Å². The summed E-state index contributed by atoms with van der Waals surface area (Å²) in [5.74, 6) is -1.80. The predicted molar refractivity (Wildman–Crippen MR) is 85.4 cm³/mol. The maximum Gasteiger partial charge on any atom is 0.390 e. The zero-order chi connectivity index (χ0) is 16.0. The van der Waals surface area contributed by atoms with Gasteiger partial charge in [-0.2, -0.15) is 13.2 Å². The molecule has 126 valence electrons. The van der Waals surface area contributed by atoms with Gasteiger partial charge in [-0.1, -0.05) is 6.07 Å². The van der Waals surface area contributed by atoms with Crippen molar-refractivity contribution in [2.45, 2.75) is 25.6 Å². The second-order valence-corrected chi connectivity index (χ2v) is 4.40. The molecule has 1 atom stereocenters. The SMILES string of the molecule is CN=C(NCCC(F)(F)F)NC(C)c1ccc(F)c(F)c1.I. The van der Waals surface area contributed by atoms with Gasteiger partial charge >= 0.3 is 6.18 Å². The number of halogens is 6. The Kier molecular flexibility index (Phi) is 8.64. The molecule has 0 saturated heterocycles. The van der Waals surface area contributed by atoms with Crippen LogP contribution in [0.3, 0.4) is 0 Å². The summed E-state index contributed by atoms with van der Waals surface area (Å²) in [6, 6.07) is 2.95. The number of nitrogens with one attached hydrogen (secondary N) is 2. The molecule has 0 fully saturated rings. The van der Waals surface area contributed by atoms with Gasteiger partial charge in [0.05, 0.1) is 12.5 Å². The summed E-state index contributed by atoms with van der Waals surface area (Å²) in [7, 11) is 1.40.